The Hall–Kier alpha value is -0.321. The van der Waals surface area contributed by atoms with Gasteiger partial charge in [0.2, 0.25) is 0 Å². The molecule has 0 saturated carbocycles. The molecule has 1 rings (SSSR count). The first-order valence-corrected chi connectivity index (χ1v) is 14.5. The summed E-state index contributed by atoms with van der Waals surface area (Å²) < 4.78 is 9.69. The van der Waals surface area contributed by atoms with E-state index in [1.807, 2.05) is 0 Å². The van der Waals surface area contributed by atoms with E-state index in [0.717, 1.165) is 29.7 Å². The first-order valence-electron chi connectivity index (χ1n) is 7.04. The van der Waals surface area contributed by atoms with Crippen molar-refractivity contribution in [3.8, 4) is 5.75 Å². The first kappa shape index (κ1) is 15.7. The normalized spacial score (nSPS) is 12.0. The van der Waals surface area contributed by atoms with Gasteiger partial charge >= 0.3 is 113 Å². The molecule has 1 aromatic rings. The third kappa shape index (κ3) is 2.65. The molecule has 0 aliphatic heterocycles. The van der Waals surface area contributed by atoms with Gasteiger partial charge in [-0.05, 0) is 0 Å². The van der Waals surface area contributed by atoms with Crippen molar-refractivity contribution in [3.63, 3.8) is 0 Å². The maximum atomic E-state index is 11.9. The summed E-state index contributed by atoms with van der Waals surface area (Å²) in [5.41, 5.74) is -0.611. The predicted molar refractivity (Wildman–Crippen MR) is 78.6 cm³/mol. The van der Waals surface area contributed by atoms with Crippen LogP contribution in [0.2, 0.25) is 13.3 Å². The van der Waals surface area contributed by atoms with Gasteiger partial charge in [-0.25, -0.2) is 0 Å². The zero-order chi connectivity index (χ0) is 13.8. The second kappa shape index (κ2) is 6.73. The van der Waals surface area contributed by atoms with E-state index in [4.69, 9.17) is 4.74 Å². The summed E-state index contributed by atoms with van der Waals surface area (Å²) in [7, 11) is 0. The quantitative estimate of drug-likeness (QED) is 0.406. The Labute approximate surface area is 113 Å². The molecule has 0 atom stereocenters. The summed E-state index contributed by atoms with van der Waals surface area (Å²) in [6.45, 7) is 9.13. The molecule has 0 heterocycles. The Bertz CT molecular complexity index is 445. The molecular formula is C14H24O3Sn. The van der Waals surface area contributed by atoms with Gasteiger partial charge in [-0.3, -0.25) is 0 Å². The van der Waals surface area contributed by atoms with Crippen molar-refractivity contribution in [3.05, 3.63) is 20.4 Å². The number of ether oxygens (including phenoxy) is 1. The Kier molecular flexibility index (Phi) is 5.88. The van der Waals surface area contributed by atoms with Gasteiger partial charge < -0.3 is 0 Å². The Balaban J connectivity index is 3.05. The molecule has 3 nitrogen and oxygen atoms in total. The molecule has 1 aromatic carbocycles. The molecule has 0 aliphatic carbocycles. The molecule has 0 bridgehead atoms. The minimum atomic E-state index is -2.60. The monoisotopic (exact) mass is 360 g/mol. The van der Waals surface area contributed by atoms with Gasteiger partial charge in [-0.1, -0.05) is 0 Å². The maximum absolute atomic E-state index is 11.9. The van der Waals surface area contributed by atoms with Gasteiger partial charge in [0.1, 0.15) is 0 Å². The zero-order valence-electron chi connectivity index (χ0n) is 12.0. The van der Waals surface area contributed by atoms with Crippen LogP contribution in [0.3, 0.4) is 0 Å². The van der Waals surface area contributed by atoms with Gasteiger partial charge in [0.15, 0.2) is 0 Å². The molecule has 0 fully saturated rings. The second-order valence-electron chi connectivity index (χ2n) is 4.91. The van der Waals surface area contributed by atoms with Crippen molar-refractivity contribution in [2.75, 3.05) is 6.61 Å². The van der Waals surface area contributed by atoms with Gasteiger partial charge in [-0.15, -0.1) is 0 Å². The SMILES string of the molecule is CCCCOc1[c]([Sn]([CH2]C)([CH2]C)[CH2]C)c(=O)c1=O. The van der Waals surface area contributed by atoms with E-state index in [1.54, 1.807) is 0 Å². The van der Waals surface area contributed by atoms with E-state index >= 15 is 0 Å². The van der Waals surface area contributed by atoms with E-state index in [2.05, 4.69) is 27.7 Å². The predicted octanol–water partition coefficient (Wildman–Crippen LogP) is 2.18. The van der Waals surface area contributed by atoms with Gasteiger partial charge in [-0.2, -0.15) is 0 Å². The van der Waals surface area contributed by atoms with Crippen molar-refractivity contribution in [2.24, 2.45) is 0 Å². The van der Waals surface area contributed by atoms with Gasteiger partial charge in [0, 0.05) is 0 Å². The zero-order valence-corrected chi connectivity index (χ0v) is 14.8. The van der Waals surface area contributed by atoms with Crippen LogP contribution < -0.4 is 19.2 Å². The van der Waals surface area contributed by atoms with E-state index in [-0.39, 0.29) is 10.9 Å². The summed E-state index contributed by atoms with van der Waals surface area (Å²) in [4.78, 5) is 23.6. The molecule has 18 heavy (non-hydrogen) atoms. The van der Waals surface area contributed by atoms with Crippen molar-refractivity contribution < 1.29 is 4.74 Å². The molecule has 0 radical (unpaired) electrons. The van der Waals surface area contributed by atoms with Crippen molar-refractivity contribution >= 4 is 22.0 Å². The first-order chi connectivity index (χ1) is 8.57. The topological polar surface area (TPSA) is 43.4 Å². The van der Waals surface area contributed by atoms with Crippen LogP contribution in [0, 0.1) is 0 Å². The van der Waals surface area contributed by atoms with E-state index < -0.39 is 18.4 Å². The third-order valence-corrected chi connectivity index (χ3v) is 20.1. The van der Waals surface area contributed by atoms with E-state index in [1.165, 1.54) is 0 Å². The third-order valence-electron chi connectivity index (χ3n) is 4.17. The van der Waals surface area contributed by atoms with Crippen LogP contribution in [-0.2, 0) is 0 Å². The number of rotatable bonds is 8. The van der Waals surface area contributed by atoms with Crippen molar-refractivity contribution in [2.45, 2.75) is 53.8 Å². The standard InChI is InChI=1S/C8H9O3.3C2H5.Sn/c1-2-3-4-11-7-5-6(9)8(7)10;3*1-2;/h2-4H2,1H3;3*1H2,2H3;. The molecular weight excluding hydrogens is 335 g/mol. The summed E-state index contributed by atoms with van der Waals surface area (Å²) in [5, 5.41) is 0. The van der Waals surface area contributed by atoms with Crippen molar-refractivity contribution in [1.29, 1.82) is 0 Å². The fourth-order valence-corrected chi connectivity index (χ4v) is 13.5. The number of unbranched alkanes of at least 4 members (excludes halogenated alkanes) is 1. The van der Waals surface area contributed by atoms with Crippen LogP contribution in [0.15, 0.2) is 9.59 Å². The van der Waals surface area contributed by atoms with Crippen LogP contribution in [0.25, 0.3) is 0 Å². The molecule has 0 spiro atoms. The molecule has 0 aliphatic rings. The van der Waals surface area contributed by atoms with Crippen LogP contribution in [-0.4, -0.2) is 25.0 Å². The van der Waals surface area contributed by atoms with Crippen LogP contribution in [0.5, 0.6) is 5.75 Å². The molecule has 0 saturated heterocycles. The second-order valence-corrected chi connectivity index (χ2v) is 19.7. The van der Waals surface area contributed by atoms with Crippen LogP contribution >= 0.6 is 0 Å². The average Bonchev–Trinajstić information content (AvgIpc) is 2.42. The summed E-state index contributed by atoms with van der Waals surface area (Å²) in [6.07, 6.45) is 1.97. The summed E-state index contributed by atoms with van der Waals surface area (Å²) >= 11 is -2.60. The van der Waals surface area contributed by atoms with E-state index in [0.29, 0.717) is 12.4 Å². The molecule has 0 unspecified atom stereocenters. The van der Waals surface area contributed by atoms with E-state index in [9.17, 15) is 9.59 Å². The fourth-order valence-electron chi connectivity index (χ4n) is 2.59. The van der Waals surface area contributed by atoms with Gasteiger partial charge in [0.25, 0.3) is 0 Å². The van der Waals surface area contributed by atoms with Crippen molar-refractivity contribution in [1.82, 2.24) is 0 Å². The summed E-state index contributed by atoms with van der Waals surface area (Å²) in [6, 6.07) is 0. The molecule has 0 amide bonds. The molecule has 0 N–H and O–H groups in total. The Morgan fingerprint density at radius 3 is 1.94 bits per heavy atom. The molecule has 0 aromatic heterocycles. The average molecular weight is 359 g/mol. The Morgan fingerprint density at radius 1 is 0.944 bits per heavy atom. The van der Waals surface area contributed by atoms with Crippen LogP contribution in [0.1, 0.15) is 40.5 Å². The Morgan fingerprint density at radius 2 is 1.50 bits per heavy atom. The minimum absolute atomic E-state index is 0.233. The van der Waals surface area contributed by atoms with Crippen LogP contribution in [0.4, 0.5) is 0 Å². The van der Waals surface area contributed by atoms with Gasteiger partial charge in [0.05, 0.1) is 0 Å². The number of hydrogen-bond donors (Lipinski definition) is 0. The number of hydrogen-bond acceptors (Lipinski definition) is 3. The molecule has 4 heteroatoms. The summed E-state index contributed by atoms with van der Waals surface area (Å²) in [5.74, 6) is 0.440. The fraction of sp³-hybridized carbons (Fsp3) is 0.714. The molecule has 102 valence electrons.